The van der Waals surface area contributed by atoms with Crippen LogP contribution in [0.1, 0.15) is 55.7 Å². The van der Waals surface area contributed by atoms with Gasteiger partial charge < -0.3 is 4.57 Å². The average molecular weight is 308 g/mol. The summed E-state index contributed by atoms with van der Waals surface area (Å²) in [5.74, 6) is 0.200. The molecule has 5 heteroatoms. The van der Waals surface area contributed by atoms with Crippen LogP contribution in [0.4, 0.5) is 0 Å². The van der Waals surface area contributed by atoms with Crippen LogP contribution in [0, 0.1) is 5.92 Å². The lowest BCUT2D eigenvalue weighted by Crippen LogP contribution is -2.35. The first-order chi connectivity index (χ1) is 11.3. The first-order valence-corrected chi connectivity index (χ1v) is 8.46. The Balaban J connectivity index is 1.93. The van der Waals surface area contributed by atoms with Gasteiger partial charge in [-0.1, -0.05) is 25.1 Å². The molecule has 1 aromatic carbocycles. The van der Waals surface area contributed by atoms with E-state index in [1.54, 1.807) is 0 Å². The van der Waals surface area contributed by atoms with Crippen LogP contribution in [0.2, 0.25) is 0 Å². The number of benzene rings is 1. The third-order valence-corrected chi connectivity index (χ3v) is 5.57. The molecule has 1 amide bonds. The molecule has 0 spiro atoms. The number of fused-ring (bicyclic) bond motifs is 3. The van der Waals surface area contributed by atoms with Gasteiger partial charge in [0.15, 0.2) is 0 Å². The lowest BCUT2D eigenvalue weighted by molar-refractivity contribution is -0.123. The maximum Gasteiger partial charge on any atom is 0.222 e. The molecule has 118 valence electrons. The zero-order valence-electron chi connectivity index (χ0n) is 13.3. The number of aromatic nitrogens is 1. The van der Waals surface area contributed by atoms with E-state index in [2.05, 4.69) is 45.8 Å². The molecule has 5 nitrogen and oxygen atoms in total. The molecule has 3 unspecified atom stereocenters. The zero-order valence-corrected chi connectivity index (χ0v) is 13.3. The molecule has 1 fully saturated rings. The first kappa shape index (κ1) is 14.3. The highest BCUT2D eigenvalue weighted by atomic mass is 16.1. The molecule has 1 heterocycles. The summed E-state index contributed by atoms with van der Waals surface area (Å²) in [6.45, 7) is 3.16. The molecule has 0 N–H and O–H groups in total. The van der Waals surface area contributed by atoms with Crippen LogP contribution in [-0.4, -0.2) is 10.5 Å². The van der Waals surface area contributed by atoms with Crippen molar-refractivity contribution in [3.63, 3.8) is 0 Å². The Morgan fingerprint density at radius 3 is 3.00 bits per heavy atom. The summed E-state index contributed by atoms with van der Waals surface area (Å²) in [5.41, 5.74) is 12.7. The highest BCUT2D eigenvalue weighted by molar-refractivity contribution is 5.89. The third-order valence-electron chi connectivity index (χ3n) is 5.57. The summed E-state index contributed by atoms with van der Waals surface area (Å²) < 4.78 is 2.41. The Morgan fingerprint density at radius 2 is 2.22 bits per heavy atom. The normalized spacial score (nSPS) is 25.2. The van der Waals surface area contributed by atoms with Gasteiger partial charge in [0, 0.05) is 39.9 Å². The number of rotatable bonds is 3. The lowest BCUT2D eigenvalue weighted by Gasteiger charge is -2.42. The fourth-order valence-corrected chi connectivity index (χ4v) is 4.79. The number of carbonyl (C=O) groups excluding carboxylic acids is 1. The fourth-order valence-electron chi connectivity index (χ4n) is 4.79. The Morgan fingerprint density at radius 1 is 1.39 bits per heavy atom. The molecule has 2 bridgehead atoms. The lowest BCUT2D eigenvalue weighted by atomic mass is 9.63. The maximum atomic E-state index is 12.3. The second kappa shape index (κ2) is 5.43. The van der Waals surface area contributed by atoms with Gasteiger partial charge in [-0.2, -0.15) is 0 Å². The van der Waals surface area contributed by atoms with E-state index in [1.165, 1.54) is 22.2 Å². The van der Waals surface area contributed by atoms with Crippen molar-refractivity contribution in [2.45, 2.75) is 51.0 Å². The quantitative estimate of drug-likeness (QED) is 0.453. The van der Waals surface area contributed by atoms with Crippen molar-refractivity contribution < 1.29 is 4.79 Å². The van der Waals surface area contributed by atoms with Crippen molar-refractivity contribution in [3.05, 3.63) is 46.0 Å². The first-order valence-electron chi connectivity index (χ1n) is 8.46. The smallest absolute Gasteiger partial charge is 0.222 e. The average Bonchev–Trinajstić information content (AvgIpc) is 2.93. The second-order valence-electron chi connectivity index (χ2n) is 6.72. The fraction of sp³-hybridized carbons (Fsp3) is 0.500. The van der Waals surface area contributed by atoms with Crippen LogP contribution in [-0.2, 0) is 11.3 Å². The van der Waals surface area contributed by atoms with Gasteiger partial charge in [-0.25, -0.2) is 0 Å². The number of hydrogen-bond donors (Lipinski definition) is 0. The van der Waals surface area contributed by atoms with E-state index < -0.39 is 0 Å². The van der Waals surface area contributed by atoms with Crippen LogP contribution >= 0.6 is 0 Å². The summed E-state index contributed by atoms with van der Waals surface area (Å²) in [7, 11) is 0. The zero-order chi connectivity index (χ0) is 16.0. The summed E-state index contributed by atoms with van der Waals surface area (Å²) in [6, 6.07) is 8.59. The van der Waals surface area contributed by atoms with Gasteiger partial charge in [-0.3, -0.25) is 4.79 Å². The largest absolute Gasteiger partial charge is 0.344 e. The summed E-state index contributed by atoms with van der Waals surface area (Å²) in [5, 5.41) is 4.75. The van der Waals surface area contributed by atoms with Gasteiger partial charge >= 0.3 is 0 Å². The topological polar surface area (TPSA) is 70.8 Å². The highest BCUT2D eigenvalue weighted by Gasteiger charge is 2.45. The molecular weight excluding hydrogens is 288 g/mol. The predicted octanol–water partition coefficient (Wildman–Crippen LogP) is 4.87. The minimum absolute atomic E-state index is 0.142. The minimum atomic E-state index is -0.277. The van der Waals surface area contributed by atoms with E-state index in [-0.39, 0.29) is 17.7 Å². The Bertz CT molecular complexity index is 831. The molecule has 3 aliphatic rings. The van der Waals surface area contributed by atoms with Crippen LogP contribution in [0.5, 0.6) is 0 Å². The maximum absolute atomic E-state index is 12.3. The van der Waals surface area contributed by atoms with Gasteiger partial charge in [-0.15, -0.1) is 0 Å². The summed E-state index contributed by atoms with van der Waals surface area (Å²) in [4.78, 5) is 15.0. The molecular formula is C18H20N4O. The Hall–Kier alpha value is -2.26. The van der Waals surface area contributed by atoms with Crippen LogP contribution < -0.4 is 0 Å². The number of aryl methyl sites for hydroxylation is 1. The molecule has 5 rings (SSSR count). The molecule has 23 heavy (non-hydrogen) atoms. The van der Waals surface area contributed by atoms with E-state index in [9.17, 15) is 4.79 Å². The third kappa shape index (κ3) is 2.00. The van der Waals surface area contributed by atoms with Crippen molar-refractivity contribution in [3.8, 4) is 0 Å². The predicted molar refractivity (Wildman–Crippen MR) is 89.2 cm³/mol. The number of nitrogens with zero attached hydrogens (tertiary/aromatic N) is 4. The highest BCUT2D eigenvalue weighted by Crippen LogP contribution is 2.55. The van der Waals surface area contributed by atoms with E-state index in [0.29, 0.717) is 5.92 Å². The van der Waals surface area contributed by atoms with Gasteiger partial charge in [0.2, 0.25) is 5.91 Å². The molecule has 1 aromatic heterocycles. The molecule has 2 aromatic rings. The number of hydrogen-bond acceptors (Lipinski definition) is 1. The number of carbonyl (C=O) groups is 1. The van der Waals surface area contributed by atoms with Crippen molar-refractivity contribution in [1.82, 2.24) is 4.57 Å². The van der Waals surface area contributed by atoms with Gasteiger partial charge in [0.1, 0.15) is 0 Å². The van der Waals surface area contributed by atoms with Crippen LogP contribution in [0.15, 0.2) is 29.4 Å². The van der Waals surface area contributed by atoms with Gasteiger partial charge in [0.05, 0.1) is 0 Å². The van der Waals surface area contributed by atoms with E-state index in [1.807, 2.05) is 0 Å². The standard InChI is InChI=1S/C18H20N4O/c1-2-9-22-15-6-4-3-5-13(15)16-11-7-8-12(17(16)22)14(10-11)18(23)20-21-19/h3-6,11-12,14H,2,7-10H2,1H3. The number of para-hydroxylation sites is 1. The Labute approximate surface area is 134 Å². The molecule has 3 atom stereocenters. The second-order valence-corrected chi connectivity index (χ2v) is 6.72. The molecule has 0 saturated heterocycles. The van der Waals surface area contributed by atoms with Crippen LogP contribution in [0.3, 0.4) is 0 Å². The number of azide groups is 1. The SMILES string of the molecule is CCCn1c2c(c3ccccc31)C1CCC2C(C(=O)N=[N+]=[N-])C1. The molecule has 1 saturated carbocycles. The monoisotopic (exact) mass is 308 g/mol. The number of amides is 1. The van der Waals surface area contributed by atoms with Gasteiger partial charge in [0.25, 0.3) is 0 Å². The molecule has 0 aliphatic heterocycles. The summed E-state index contributed by atoms with van der Waals surface area (Å²) in [6.07, 6.45) is 4.06. The minimum Gasteiger partial charge on any atom is -0.344 e. The van der Waals surface area contributed by atoms with E-state index in [0.717, 1.165) is 32.2 Å². The van der Waals surface area contributed by atoms with Gasteiger partial charge in [-0.05, 0) is 53.9 Å². The molecule has 3 aliphatic carbocycles. The van der Waals surface area contributed by atoms with Crippen LogP contribution in [0.25, 0.3) is 21.3 Å². The molecule has 0 radical (unpaired) electrons. The van der Waals surface area contributed by atoms with Crippen molar-refractivity contribution in [2.75, 3.05) is 0 Å². The van der Waals surface area contributed by atoms with Crippen molar-refractivity contribution >= 4 is 16.8 Å². The van der Waals surface area contributed by atoms with E-state index in [4.69, 9.17) is 5.53 Å². The Kier molecular flexibility index (Phi) is 3.38. The summed E-state index contributed by atoms with van der Waals surface area (Å²) >= 11 is 0. The van der Waals surface area contributed by atoms with E-state index >= 15 is 0 Å². The van der Waals surface area contributed by atoms with Crippen molar-refractivity contribution in [1.29, 1.82) is 0 Å². The van der Waals surface area contributed by atoms with Crippen molar-refractivity contribution in [2.24, 2.45) is 11.0 Å².